The van der Waals surface area contributed by atoms with Gasteiger partial charge in [0.2, 0.25) is 0 Å². The highest BCUT2D eigenvalue weighted by Gasteiger charge is 2.16. The summed E-state index contributed by atoms with van der Waals surface area (Å²) < 4.78 is 45.9. The van der Waals surface area contributed by atoms with Crippen molar-refractivity contribution in [1.29, 1.82) is 0 Å². The molecule has 1 nitrogen and oxygen atoms in total. The van der Waals surface area contributed by atoms with Crippen LogP contribution in [0.1, 0.15) is 41.8 Å². The van der Waals surface area contributed by atoms with Gasteiger partial charge in [-0.25, -0.2) is 13.2 Å². The molecule has 39 heavy (non-hydrogen) atoms. The van der Waals surface area contributed by atoms with Gasteiger partial charge in [-0.3, -0.25) is 0 Å². The molecule has 5 aromatic rings. The molecule has 0 spiro atoms. The van der Waals surface area contributed by atoms with Crippen molar-refractivity contribution in [2.45, 2.75) is 33.1 Å². The van der Waals surface area contributed by atoms with E-state index >= 15 is 0 Å². The number of thiocarbonyl (C=S) groups is 1. The number of benzene rings is 3. The summed E-state index contributed by atoms with van der Waals surface area (Å²) in [6.07, 6.45) is 2.19. The van der Waals surface area contributed by atoms with Crippen LogP contribution in [0.4, 0.5) is 18.9 Å². The first-order valence-corrected chi connectivity index (χ1v) is 14.5. The smallest absolute Gasteiger partial charge is 0.157 e. The molecule has 194 valence electrons. The maximum atomic E-state index is 14.7. The molecule has 0 amide bonds. The zero-order valence-corrected chi connectivity index (χ0v) is 23.7. The fourth-order valence-corrected chi connectivity index (χ4v) is 6.82. The van der Waals surface area contributed by atoms with Crippen molar-refractivity contribution in [2.24, 2.45) is 4.99 Å². The van der Waals surface area contributed by atoms with Gasteiger partial charge < -0.3 is 0 Å². The molecule has 3 aromatic carbocycles. The summed E-state index contributed by atoms with van der Waals surface area (Å²) in [5, 5.41) is 2.02. The van der Waals surface area contributed by atoms with E-state index in [1.54, 1.807) is 24.3 Å². The Morgan fingerprint density at radius 1 is 0.821 bits per heavy atom. The Morgan fingerprint density at radius 3 is 2.23 bits per heavy atom. The molecular weight excluding hydrogens is 552 g/mol. The summed E-state index contributed by atoms with van der Waals surface area (Å²) in [7, 11) is 0. The lowest BCUT2D eigenvalue weighted by Gasteiger charge is -2.07. The number of aliphatic imine (C=N–C) groups is 1. The molecule has 0 unspecified atom stereocenters. The zero-order chi connectivity index (χ0) is 27.5. The maximum absolute atomic E-state index is 14.7. The number of nitrogens with zero attached hydrogens (tertiary/aromatic N) is 1. The summed E-state index contributed by atoms with van der Waals surface area (Å²) in [4.78, 5) is 5.43. The number of rotatable bonds is 6. The van der Waals surface area contributed by atoms with Crippen LogP contribution in [0.3, 0.4) is 0 Å². The van der Waals surface area contributed by atoms with Gasteiger partial charge in [0.25, 0.3) is 0 Å². The van der Waals surface area contributed by atoms with Crippen LogP contribution in [0.5, 0.6) is 0 Å². The molecule has 0 atom stereocenters. The number of hydrogen-bond acceptors (Lipinski definition) is 4. The van der Waals surface area contributed by atoms with Crippen LogP contribution in [0.25, 0.3) is 31.0 Å². The van der Waals surface area contributed by atoms with Gasteiger partial charge >= 0.3 is 0 Å². The lowest BCUT2D eigenvalue weighted by Crippen LogP contribution is -1.97. The van der Waals surface area contributed by atoms with E-state index in [0.29, 0.717) is 23.1 Å². The Bertz CT molecular complexity index is 1770. The summed E-state index contributed by atoms with van der Waals surface area (Å²) in [5.74, 6) is 4.22. The molecule has 2 aromatic heterocycles. The second kappa shape index (κ2) is 11.7. The second-order valence-corrected chi connectivity index (χ2v) is 11.3. The largest absolute Gasteiger partial charge is 0.206 e. The third-order valence-corrected chi connectivity index (χ3v) is 8.74. The number of isothiocyanates is 1. The van der Waals surface area contributed by atoms with Gasteiger partial charge in [0.05, 0.1) is 10.0 Å². The van der Waals surface area contributed by atoms with Crippen LogP contribution in [-0.2, 0) is 12.8 Å². The molecule has 5 rings (SSSR count). The molecule has 0 aliphatic rings. The van der Waals surface area contributed by atoms with Crippen LogP contribution in [0, 0.1) is 29.3 Å². The minimum atomic E-state index is -0.814. The average molecular weight is 574 g/mol. The van der Waals surface area contributed by atoms with Crippen LogP contribution < -0.4 is 0 Å². The predicted molar refractivity (Wildman–Crippen MR) is 161 cm³/mol. The van der Waals surface area contributed by atoms with Crippen molar-refractivity contribution >= 4 is 55.1 Å². The van der Waals surface area contributed by atoms with Crippen LogP contribution >= 0.6 is 34.9 Å². The third kappa shape index (κ3) is 5.61. The van der Waals surface area contributed by atoms with Crippen LogP contribution in [-0.4, -0.2) is 5.16 Å². The molecule has 0 N–H and O–H groups in total. The van der Waals surface area contributed by atoms with Gasteiger partial charge in [0.1, 0.15) is 11.5 Å². The molecule has 0 saturated heterocycles. The number of thiophene rings is 2. The summed E-state index contributed by atoms with van der Waals surface area (Å²) in [5.41, 5.74) is 3.68. The van der Waals surface area contributed by atoms with Crippen molar-refractivity contribution in [3.05, 3.63) is 99.7 Å². The average Bonchev–Trinajstić information content (AvgIpc) is 3.49. The highest BCUT2D eigenvalue weighted by atomic mass is 32.1. The van der Waals surface area contributed by atoms with Crippen LogP contribution in [0.15, 0.2) is 65.7 Å². The minimum Gasteiger partial charge on any atom is -0.206 e. The second-order valence-electron chi connectivity index (χ2n) is 8.95. The van der Waals surface area contributed by atoms with E-state index in [0.717, 1.165) is 48.7 Å². The molecule has 0 bridgehead atoms. The van der Waals surface area contributed by atoms with Crippen LogP contribution in [0.2, 0.25) is 0 Å². The van der Waals surface area contributed by atoms with E-state index in [9.17, 15) is 13.2 Å². The number of hydrogen-bond donors (Lipinski definition) is 0. The quantitative estimate of drug-likeness (QED) is 0.112. The first kappa shape index (κ1) is 27.1. The predicted octanol–water partition coefficient (Wildman–Crippen LogP) is 10.4. The third-order valence-electron chi connectivity index (χ3n) is 6.39. The van der Waals surface area contributed by atoms with E-state index in [1.165, 1.54) is 17.4 Å². The normalized spacial score (nSPS) is 10.8. The summed E-state index contributed by atoms with van der Waals surface area (Å²) >= 11 is 7.67. The van der Waals surface area contributed by atoms with E-state index in [4.69, 9.17) is 0 Å². The zero-order valence-electron chi connectivity index (χ0n) is 21.2. The first-order chi connectivity index (χ1) is 18.9. The number of fused-ring (bicyclic) bond motifs is 1. The van der Waals surface area contributed by atoms with Crippen molar-refractivity contribution in [3.63, 3.8) is 0 Å². The van der Waals surface area contributed by atoms with Crippen molar-refractivity contribution in [2.75, 3.05) is 0 Å². The van der Waals surface area contributed by atoms with Crippen molar-refractivity contribution < 1.29 is 13.2 Å². The SMILES string of the molecule is CCCc1ccc(-c2ccc(-c3cc4sc(C#Cc5cc(F)c(N=C=S)c(F)c5CC)cc4s3)cc2)c(F)c1. The Labute approximate surface area is 238 Å². The summed E-state index contributed by atoms with van der Waals surface area (Å²) in [6, 6.07) is 18.7. The Kier molecular flexibility index (Phi) is 8.11. The Morgan fingerprint density at radius 2 is 1.56 bits per heavy atom. The van der Waals surface area contributed by atoms with Gasteiger partial charge in [-0.1, -0.05) is 68.5 Å². The highest BCUT2D eigenvalue weighted by molar-refractivity contribution is 7.78. The minimum absolute atomic E-state index is 0.199. The first-order valence-electron chi connectivity index (χ1n) is 12.4. The maximum Gasteiger partial charge on any atom is 0.157 e. The molecular formula is C32H22F3NS3. The van der Waals surface area contributed by atoms with Gasteiger partial charge in [-0.2, -0.15) is 4.99 Å². The van der Waals surface area contributed by atoms with E-state index in [2.05, 4.69) is 42.0 Å². The molecule has 0 radical (unpaired) electrons. The molecule has 0 saturated carbocycles. The van der Waals surface area contributed by atoms with Gasteiger partial charge in [0, 0.05) is 31.0 Å². The number of aryl methyl sites for hydroxylation is 1. The number of halogens is 3. The van der Waals surface area contributed by atoms with E-state index < -0.39 is 17.3 Å². The van der Waals surface area contributed by atoms with Crippen molar-refractivity contribution in [1.82, 2.24) is 0 Å². The standard InChI is InChI=1S/C32H22F3NS3/c1-3-5-19-6-13-25(26(33)14-19)20-7-9-21(10-8-20)28-17-30-29(39-28)16-23(38-30)12-11-22-15-27(34)32(36-18-37)31(35)24(22)4-2/h6-10,13-17H,3-5H2,1-2H3. The fourth-order valence-electron chi connectivity index (χ4n) is 4.47. The highest BCUT2D eigenvalue weighted by Crippen LogP contribution is 2.39. The van der Waals surface area contributed by atoms with Gasteiger partial charge in [-0.15, -0.1) is 22.7 Å². The van der Waals surface area contributed by atoms with Gasteiger partial charge in [0.15, 0.2) is 11.6 Å². The molecule has 2 heterocycles. The fraction of sp³-hybridized carbons (Fsp3) is 0.156. The Hall–Kier alpha value is -3.53. The van der Waals surface area contributed by atoms with Gasteiger partial charge in [-0.05, 0) is 66.0 Å². The Balaban J connectivity index is 1.38. The lowest BCUT2D eigenvalue weighted by molar-refractivity contribution is 0.577. The van der Waals surface area contributed by atoms with E-state index in [1.807, 2.05) is 47.6 Å². The molecule has 0 fully saturated rings. The van der Waals surface area contributed by atoms with Crippen molar-refractivity contribution in [3.8, 4) is 33.4 Å². The monoisotopic (exact) mass is 573 g/mol. The topological polar surface area (TPSA) is 12.4 Å². The summed E-state index contributed by atoms with van der Waals surface area (Å²) in [6.45, 7) is 3.86. The molecule has 0 aliphatic carbocycles. The molecule has 0 aliphatic heterocycles. The molecule has 7 heteroatoms. The lowest BCUT2D eigenvalue weighted by atomic mass is 10.00. The van der Waals surface area contributed by atoms with E-state index in [-0.39, 0.29) is 5.82 Å².